The Kier molecular flexibility index (Phi) is 6.17. The number of para-hydroxylation sites is 2. The standard InChI is InChI=1S/C39H44N4O8/c1-20(39-26-14-32-38(17-30(43(39)51-39)23(26)19-50-32)25-10-6-8-12-29(25)42(48-4)35(38)45)15-36(2,46)33-21-13-31-37(16-27(40-33)22(21)18-49-31)24-9-5-7-11-28(24)41(47-3)34(37)44/h5-12,20-23,26-27,30-32,46H,13-19H2,1-4H3/t20?,21-,22+,23+,26-,27+,30+,31-,32-,36-,37+,38+,39-,43?/m1/s1. The molecule has 11 aliphatic rings. The first-order valence-corrected chi connectivity index (χ1v) is 18.6. The SMILES string of the molecule is CON1C(=O)[C@@]2(C[C@@H]3N=C([C@](C)(O)CC(C)[C@]45ON4[C@H]4C[C@@]6(C(=O)N(OC)c7ccccc76)[C@H]6C[C@@H]5[C@@H]4CO6)[C@@H]4C[C@H]2OC[C@H]34)c2ccccc21. The molecular formula is C39H44N4O8. The molecule has 0 aromatic heterocycles. The van der Waals surface area contributed by atoms with Gasteiger partial charge in [-0.15, -0.1) is 5.06 Å². The van der Waals surface area contributed by atoms with Gasteiger partial charge >= 0.3 is 0 Å². The van der Waals surface area contributed by atoms with Gasteiger partial charge in [0.25, 0.3) is 11.8 Å². The predicted octanol–water partition coefficient (Wildman–Crippen LogP) is 3.45. The number of aliphatic hydroxyl groups is 1. The van der Waals surface area contributed by atoms with Crippen LogP contribution in [0.1, 0.15) is 57.1 Å². The molecule has 12 nitrogen and oxygen atoms in total. The van der Waals surface area contributed by atoms with Crippen LogP contribution in [0.5, 0.6) is 0 Å². The number of hydrogen-bond donors (Lipinski definition) is 1. The fraction of sp³-hybridized carbons (Fsp3) is 0.615. The van der Waals surface area contributed by atoms with Gasteiger partial charge in [-0.1, -0.05) is 43.3 Å². The first kappa shape index (κ1) is 31.3. The zero-order chi connectivity index (χ0) is 34.8. The second kappa shape index (κ2) is 10.0. The van der Waals surface area contributed by atoms with E-state index in [0.717, 1.165) is 28.2 Å². The highest BCUT2D eigenvalue weighted by molar-refractivity contribution is 6.08. The van der Waals surface area contributed by atoms with Gasteiger partial charge in [-0.25, -0.2) is 0 Å². The molecule has 0 radical (unpaired) electrons. The zero-order valence-corrected chi connectivity index (χ0v) is 29.4. The minimum Gasteiger partial charge on any atom is -0.384 e. The lowest BCUT2D eigenvalue weighted by Gasteiger charge is -2.42. The van der Waals surface area contributed by atoms with E-state index in [4.69, 9.17) is 29.0 Å². The molecule has 2 aliphatic carbocycles. The fourth-order valence-electron chi connectivity index (χ4n) is 12.8. The lowest BCUT2D eigenvalue weighted by atomic mass is 9.68. The van der Waals surface area contributed by atoms with Gasteiger partial charge in [0.1, 0.15) is 16.4 Å². The van der Waals surface area contributed by atoms with Crippen LogP contribution in [-0.2, 0) is 44.4 Å². The van der Waals surface area contributed by atoms with E-state index in [9.17, 15) is 14.7 Å². The molecule has 9 heterocycles. The van der Waals surface area contributed by atoms with Gasteiger partial charge in [-0.2, -0.15) is 10.1 Å². The number of ether oxygens (including phenoxy) is 2. The zero-order valence-electron chi connectivity index (χ0n) is 29.4. The normalized spacial score (nSPS) is 45.1. The summed E-state index contributed by atoms with van der Waals surface area (Å²) in [5.74, 6) is 0.360. The topological polar surface area (TPSA) is 126 Å². The van der Waals surface area contributed by atoms with Crippen molar-refractivity contribution in [2.45, 2.75) is 92.4 Å². The number of carbonyl (C=O) groups excluding carboxylic acids is 2. The minimum absolute atomic E-state index is 0.0106. The lowest BCUT2D eigenvalue weighted by molar-refractivity contribution is -0.139. The van der Waals surface area contributed by atoms with Crippen molar-refractivity contribution in [3.05, 3.63) is 59.7 Å². The van der Waals surface area contributed by atoms with Gasteiger partial charge in [0.05, 0.1) is 57.1 Å². The van der Waals surface area contributed by atoms with E-state index in [0.29, 0.717) is 45.3 Å². The van der Waals surface area contributed by atoms with Gasteiger partial charge in [0.2, 0.25) is 0 Å². The average Bonchev–Trinajstić information content (AvgIpc) is 3.68. The number of carbonyl (C=O) groups is 2. The molecule has 2 saturated carbocycles. The second-order valence-electron chi connectivity index (χ2n) is 16.8. The number of hydroxylamine groups is 4. The molecule has 8 bridgehead atoms. The Morgan fingerprint density at radius 2 is 1.49 bits per heavy atom. The van der Waals surface area contributed by atoms with E-state index >= 15 is 0 Å². The van der Waals surface area contributed by atoms with Crippen molar-refractivity contribution in [3.63, 3.8) is 0 Å². The van der Waals surface area contributed by atoms with E-state index in [-0.39, 0.29) is 65.7 Å². The molecule has 12 heteroatoms. The number of benzene rings is 2. The van der Waals surface area contributed by atoms with Crippen molar-refractivity contribution in [1.82, 2.24) is 5.06 Å². The van der Waals surface area contributed by atoms with Gasteiger partial charge < -0.3 is 14.6 Å². The molecule has 8 fully saturated rings. The molecular weight excluding hydrogens is 652 g/mol. The van der Waals surface area contributed by atoms with Crippen LogP contribution in [0.3, 0.4) is 0 Å². The molecule has 6 saturated heterocycles. The number of rotatable bonds is 6. The van der Waals surface area contributed by atoms with Crippen LogP contribution in [0, 0.1) is 29.6 Å². The molecule has 268 valence electrons. The van der Waals surface area contributed by atoms with Crippen molar-refractivity contribution in [2.24, 2.45) is 34.6 Å². The summed E-state index contributed by atoms with van der Waals surface area (Å²) >= 11 is 0. The highest BCUT2D eigenvalue weighted by atomic mass is 16.9. The summed E-state index contributed by atoms with van der Waals surface area (Å²) in [7, 11) is 3.08. The monoisotopic (exact) mass is 696 g/mol. The van der Waals surface area contributed by atoms with Crippen molar-refractivity contribution in [3.8, 4) is 0 Å². The largest absolute Gasteiger partial charge is 0.384 e. The number of hydrogen-bond acceptors (Lipinski definition) is 10. The summed E-state index contributed by atoms with van der Waals surface area (Å²) in [4.78, 5) is 51.5. The van der Waals surface area contributed by atoms with Crippen LogP contribution < -0.4 is 10.1 Å². The number of fused-ring (bicyclic) bond motifs is 5. The molecule has 2 aromatic rings. The summed E-state index contributed by atoms with van der Waals surface area (Å²) in [6.07, 6.45) is 2.30. The Morgan fingerprint density at radius 1 is 0.902 bits per heavy atom. The highest BCUT2D eigenvalue weighted by Crippen LogP contribution is 2.69. The lowest BCUT2D eigenvalue weighted by Crippen LogP contribution is -2.54. The van der Waals surface area contributed by atoms with Crippen molar-refractivity contribution in [2.75, 3.05) is 37.6 Å². The Morgan fingerprint density at radius 3 is 2.14 bits per heavy atom. The number of aliphatic imine (C=N–C) groups is 1. The number of nitrogens with zero attached hydrogens (tertiary/aromatic N) is 4. The van der Waals surface area contributed by atoms with Crippen LogP contribution in [0.25, 0.3) is 0 Å². The maximum absolute atomic E-state index is 14.2. The van der Waals surface area contributed by atoms with Crippen molar-refractivity contribution < 1.29 is 38.7 Å². The Balaban J connectivity index is 0.881. The predicted molar refractivity (Wildman–Crippen MR) is 182 cm³/mol. The summed E-state index contributed by atoms with van der Waals surface area (Å²) in [6, 6.07) is 15.7. The van der Waals surface area contributed by atoms with Crippen LogP contribution in [0.2, 0.25) is 0 Å². The molecule has 9 aliphatic heterocycles. The van der Waals surface area contributed by atoms with E-state index < -0.39 is 22.2 Å². The smallest absolute Gasteiger partial charge is 0.264 e. The molecule has 1 N–H and O–H groups in total. The minimum atomic E-state index is -1.17. The first-order valence-electron chi connectivity index (χ1n) is 18.6. The first-order chi connectivity index (χ1) is 24.6. The number of anilines is 2. The van der Waals surface area contributed by atoms with Gasteiger partial charge in [-0.05, 0) is 62.3 Å². The third-order valence-corrected chi connectivity index (χ3v) is 14.8. The van der Waals surface area contributed by atoms with Crippen molar-refractivity contribution in [1.29, 1.82) is 0 Å². The van der Waals surface area contributed by atoms with Crippen LogP contribution in [-0.4, -0.2) is 90.7 Å². The molecule has 51 heavy (non-hydrogen) atoms. The Hall–Kier alpha value is -3.23. The molecule has 2 unspecified atom stereocenters. The summed E-state index contributed by atoms with van der Waals surface area (Å²) in [5.41, 5.74) is 0.926. The van der Waals surface area contributed by atoms with E-state index in [1.165, 1.54) is 17.2 Å². The molecule has 2 aromatic carbocycles. The number of amides is 2. The molecule has 2 amide bonds. The fourth-order valence-corrected chi connectivity index (χ4v) is 12.8. The third kappa shape index (κ3) is 3.54. The van der Waals surface area contributed by atoms with Gasteiger partial charge in [-0.3, -0.25) is 29.1 Å². The van der Waals surface area contributed by atoms with Crippen LogP contribution >= 0.6 is 0 Å². The summed E-state index contributed by atoms with van der Waals surface area (Å²) < 4.78 is 13.1. The quantitative estimate of drug-likeness (QED) is 0.453. The molecule has 14 atom stereocenters. The second-order valence-corrected chi connectivity index (χ2v) is 16.8. The summed E-state index contributed by atoms with van der Waals surface area (Å²) in [5, 5.41) is 17.5. The third-order valence-electron chi connectivity index (χ3n) is 14.8. The average molecular weight is 697 g/mol. The van der Waals surface area contributed by atoms with Gasteiger partial charge in [0.15, 0.2) is 5.72 Å². The Labute approximate surface area is 296 Å². The van der Waals surface area contributed by atoms with E-state index in [1.807, 2.05) is 55.5 Å². The Bertz CT molecular complexity index is 1920. The summed E-state index contributed by atoms with van der Waals surface area (Å²) in [6.45, 7) is 5.21. The van der Waals surface area contributed by atoms with Crippen LogP contribution in [0.15, 0.2) is 53.5 Å². The van der Waals surface area contributed by atoms with Crippen LogP contribution in [0.4, 0.5) is 11.4 Å². The van der Waals surface area contributed by atoms with Crippen molar-refractivity contribution >= 4 is 28.9 Å². The van der Waals surface area contributed by atoms with E-state index in [2.05, 4.69) is 12.0 Å². The molecule has 2 spiro atoms. The van der Waals surface area contributed by atoms with E-state index in [1.54, 1.807) is 7.11 Å². The maximum atomic E-state index is 14.2. The maximum Gasteiger partial charge on any atom is 0.264 e. The van der Waals surface area contributed by atoms with Gasteiger partial charge in [0, 0.05) is 41.3 Å². The molecule has 13 rings (SSSR count). The highest BCUT2D eigenvalue weighted by Gasteiger charge is 2.80.